The minimum Gasteiger partial charge on any atom is -0.361 e. The van der Waals surface area contributed by atoms with Gasteiger partial charge in [-0.3, -0.25) is 0 Å². The van der Waals surface area contributed by atoms with Crippen molar-refractivity contribution < 1.29 is 8.42 Å². The van der Waals surface area contributed by atoms with Crippen LogP contribution in [0.15, 0.2) is 0 Å². The molecule has 0 aliphatic rings. The number of nitrogens with one attached hydrogen (secondary N) is 3. The third-order valence-corrected chi connectivity index (χ3v) is 2.76. The van der Waals surface area contributed by atoms with E-state index in [1.165, 1.54) is 0 Å². The van der Waals surface area contributed by atoms with Crippen molar-refractivity contribution in [2.45, 2.75) is 39.3 Å². The van der Waals surface area contributed by atoms with Gasteiger partial charge in [-0.25, -0.2) is 13.1 Å². The van der Waals surface area contributed by atoms with Gasteiger partial charge < -0.3 is 10.6 Å². The molecule has 0 aromatic heterocycles. The van der Waals surface area contributed by atoms with Gasteiger partial charge in [0.25, 0.3) is 0 Å². The van der Waals surface area contributed by atoms with Gasteiger partial charge >= 0.3 is 0 Å². The highest BCUT2D eigenvalue weighted by Gasteiger charge is 2.22. The standard InChI is InChI=1S/C9H21N3O2S2/c1-7(2)11-8(15)10-6-9(3,4)12-16(5,13)14/h7,12H,6H2,1-5H3,(H2,10,11,15). The van der Waals surface area contributed by atoms with Gasteiger partial charge in [0.1, 0.15) is 0 Å². The summed E-state index contributed by atoms with van der Waals surface area (Å²) < 4.78 is 24.7. The predicted molar refractivity (Wildman–Crippen MR) is 70.9 cm³/mol. The highest BCUT2D eigenvalue weighted by Crippen LogP contribution is 2.01. The lowest BCUT2D eigenvalue weighted by Crippen LogP contribution is -2.53. The molecular formula is C9H21N3O2S2. The molecule has 96 valence electrons. The van der Waals surface area contributed by atoms with Crippen LogP contribution in [0.25, 0.3) is 0 Å². The first-order valence-electron chi connectivity index (χ1n) is 5.05. The highest BCUT2D eigenvalue weighted by molar-refractivity contribution is 7.88. The van der Waals surface area contributed by atoms with Crippen LogP contribution < -0.4 is 15.4 Å². The molecule has 0 saturated heterocycles. The molecule has 0 saturated carbocycles. The average Bonchev–Trinajstić information content (AvgIpc) is 1.95. The summed E-state index contributed by atoms with van der Waals surface area (Å²) in [6.45, 7) is 7.97. The van der Waals surface area contributed by atoms with Crippen LogP contribution in [0.4, 0.5) is 0 Å². The van der Waals surface area contributed by atoms with E-state index < -0.39 is 15.6 Å². The van der Waals surface area contributed by atoms with E-state index in [-0.39, 0.29) is 6.04 Å². The number of sulfonamides is 1. The maximum Gasteiger partial charge on any atom is 0.209 e. The molecule has 0 fully saturated rings. The quantitative estimate of drug-likeness (QED) is 0.620. The molecular weight excluding hydrogens is 246 g/mol. The Balaban J connectivity index is 4.14. The van der Waals surface area contributed by atoms with Crippen LogP contribution in [0.2, 0.25) is 0 Å². The fourth-order valence-electron chi connectivity index (χ4n) is 1.15. The molecule has 0 aliphatic heterocycles. The van der Waals surface area contributed by atoms with Gasteiger partial charge in [0, 0.05) is 18.1 Å². The van der Waals surface area contributed by atoms with Crippen LogP contribution in [0.3, 0.4) is 0 Å². The molecule has 5 nitrogen and oxygen atoms in total. The van der Waals surface area contributed by atoms with Gasteiger partial charge in [-0.1, -0.05) is 0 Å². The SMILES string of the molecule is CC(C)NC(=S)NCC(C)(C)NS(C)(=O)=O. The van der Waals surface area contributed by atoms with Crippen LogP contribution in [0, 0.1) is 0 Å². The van der Waals surface area contributed by atoms with Crippen LogP contribution in [0.1, 0.15) is 27.7 Å². The molecule has 0 bridgehead atoms. The van der Waals surface area contributed by atoms with Gasteiger partial charge in [0.2, 0.25) is 10.0 Å². The van der Waals surface area contributed by atoms with Crippen LogP contribution in [-0.4, -0.2) is 37.9 Å². The molecule has 0 spiro atoms. The Morgan fingerprint density at radius 1 is 1.38 bits per heavy atom. The summed E-state index contributed by atoms with van der Waals surface area (Å²) in [5.74, 6) is 0. The maximum atomic E-state index is 11.1. The van der Waals surface area contributed by atoms with E-state index in [9.17, 15) is 8.42 Å². The number of rotatable bonds is 5. The zero-order valence-electron chi connectivity index (χ0n) is 10.4. The summed E-state index contributed by atoms with van der Waals surface area (Å²) in [5.41, 5.74) is -0.573. The third kappa shape index (κ3) is 8.87. The molecule has 0 aliphatic carbocycles. The summed E-state index contributed by atoms with van der Waals surface area (Å²) >= 11 is 5.04. The van der Waals surface area contributed by atoms with E-state index in [0.29, 0.717) is 11.7 Å². The summed E-state index contributed by atoms with van der Waals surface area (Å²) in [7, 11) is -3.21. The first-order chi connectivity index (χ1) is 7.02. The minimum atomic E-state index is -3.21. The molecule has 3 N–H and O–H groups in total. The molecule has 0 unspecified atom stereocenters. The second kappa shape index (κ2) is 5.79. The van der Waals surface area contributed by atoms with Gasteiger partial charge in [0.15, 0.2) is 5.11 Å². The maximum absolute atomic E-state index is 11.1. The van der Waals surface area contributed by atoms with Crippen molar-refractivity contribution in [2.75, 3.05) is 12.8 Å². The normalized spacial score (nSPS) is 12.6. The minimum absolute atomic E-state index is 0.256. The summed E-state index contributed by atoms with van der Waals surface area (Å²) in [5, 5.41) is 6.52. The monoisotopic (exact) mass is 267 g/mol. The van der Waals surface area contributed by atoms with E-state index in [2.05, 4.69) is 15.4 Å². The molecule has 0 radical (unpaired) electrons. The molecule has 0 heterocycles. The van der Waals surface area contributed by atoms with E-state index in [1.807, 2.05) is 13.8 Å². The lowest BCUT2D eigenvalue weighted by Gasteiger charge is -2.26. The van der Waals surface area contributed by atoms with Crippen molar-refractivity contribution in [2.24, 2.45) is 0 Å². The largest absolute Gasteiger partial charge is 0.361 e. The number of thiocarbonyl (C=S) groups is 1. The number of hydrogen-bond acceptors (Lipinski definition) is 3. The lowest BCUT2D eigenvalue weighted by atomic mass is 10.1. The predicted octanol–water partition coefficient (Wildman–Crippen LogP) is 0.187. The Morgan fingerprint density at radius 2 is 1.88 bits per heavy atom. The number of hydrogen-bond donors (Lipinski definition) is 3. The van der Waals surface area contributed by atoms with Crippen molar-refractivity contribution >= 4 is 27.4 Å². The Labute approximate surface area is 103 Å². The molecule has 7 heteroatoms. The second-order valence-electron chi connectivity index (χ2n) is 4.74. The summed E-state index contributed by atoms with van der Waals surface area (Å²) in [6.07, 6.45) is 1.14. The first-order valence-corrected chi connectivity index (χ1v) is 7.35. The lowest BCUT2D eigenvalue weighted by molar-refractivity contribution is 0.447. The first kappa shape index (κ1) is 15.6. The van der Waals surface area contributed by atoms with E-state index >= 15 is 0 Å². The highest BCUT2D eigenvalue weighted by atomic mass is 32.2. The van der Waals surface area contributed by atoms with Crippen molar-refractivity contribution in [1.29, 1.82) is 0 Å². The molecule has 0 rings (SSSR count). The molecule has 0 aromatic rings. The zero-order valence-corrected chi connectivity index (χ0v) is 12.1. The Kier molecular flexibility index (Phi) is 5.64. The Morgan fingerprint density at radius 3 is 2.25 bits per heavy atom. The van der Waals surface area contributed by atoms with Crippen LogP contribution >= 0.6 is 12.2 Å². The van der Waals surface area contributed by atoms with Crippen molar-refractivity contribution in [3.8, 4) is 0 Å². The van der Waals surface area contributed by atoms with Gasteiger partial charge in [-0.15, -0.1) is 0 Å². The van der Waals surface area contributed by atoms with Gasteiger partial charge in [0.05, 0.1) is 6.26 Å². The third-order valence-electron chi connectivity index (χ3n) is 1.57. The molecule has 16 heavy (non-hydrogen) atoms. The Hall–Kier alpha value is -0.400. The van der Waals surface area contributed by atoms with E-state index in [4.69, 9.17) is 12.2 Å². The molecule has 0 aromatic carbocycles. The topological polar surface area (TPSA) is 70.2 Å². The fourth-order valence-corrected chi connectivity index (χ4v) is 2.54. The molecule has 0 amide bonds. The summed E-state index contributed by atoms with van der Waals surface area (Å²) in [6, 6.07) is 0.256. The van der Waals surface area contributed by atoms with Crippen molar-refractivity contribution in [3.63, 3.8) is 0 Å². The van der Waals surface area contributed by atoms with E-state index in [1.54, 1.807) is 13.8 Å². The van der Waals surface area contributed by atoms with Crippen molar-refractivity contribution in [3.05, 3.63) is 0 Å². The average molecular weight is 267 g/mol. The fraction of sp³-hybridized carbons (Fsp3) is 0.889. The van der Waals surface area contributed by atoms with Crippen LogP contribution in [0.5, 0.6) is 0 Å². The van der Waals surface area contributed by atoms with Crippen LogP contribution in [-0.2, 0) is 10.0 Å². The van der Waals surface area contributed by atoms with E-state index in [0.717, 1.165) is 6.26 Å². The zero-order chi connectivity index (χ0) is 13.0. The molecule has 0 atom stereocenters. The van der Waals surface area contributed by atoms with Gasteiger partial charge in [-0.2, -0.15) is 0 Å². The van der Waals surface area contributed by atoms with Crippen molar-refractivity contribution in [1.82, 2.24) is 15.4 Å². The summed E-state index contributed by atoms with van der Waals surface area (Å²) in [4.78, 5) is 0. The second-order valence-corrected chi connectivity index (χ2v) is 6.90. The van der Waals surface area contributed by atoms with Gasteiger partial charge in [-0.05, 0) is 39.9 Å². The Bertz CT molecular complexity index is 337. The smallest absolute Gasteiger partial charge is 0.209 e.